The Balaban J connectivity index is 2.02. The topological polar surface area (TPSA) is 54.5 Å². The molecule has 1 N–H and O–H groups in total. The summed E-state index contributed by atoms with van der Waals surface area (Å²) < 4.78 is 5.24. The van der Waals surface area contributed by atoms with Crippen molar-refractivity contribution >= 4 is 11.9 Å². The Labute approximate surface area is 139 Å². The average molecular weight is 319 g/mol. The van der Waals surface area contributed by atoms with E-state index >= 15 is 0 Å². The molecule has 5 nitrogen and oxygen atoms in total. The van der Waals surface area contributed by atoms with Crippen molar-refractivity contribution in [1.82, 2.24) is 9.88 Å². The molecule has 0 spiro atoms. The van der Waals surface area contributed by atoms with Crippen LogP contribution in [-0.4, -0.2) is 34.2 Å². The normalized spacial score (nSPS) is 19.7. The summed E-state index contributed by atoms with van der Waals surface area (Å²) in [7, 11) is 0. The first-order valence-corrected chi connectivity index (χ1v) is 8.48. The smallest absolute Gasteiger partial charge is 0.413 e. The number of amides is 1. The summed E-state index contributed by atoms with van der Waals surface area (Å²) in [5.74, 6) is 0.523. The maximum absolute atomic E-state index is 11.8. The number of carbonyl (C=O) groups excluding carboxylic acids is 1. The van der Waals surface area contributed by atoms with Crippen LogP contribution in [0.3, 0.4) is 0 Å². The summed E-state index contributed by atoms with van der Waals surface area (Å²) in [6.45, 7) is 11.1. The molecule has 1 aliphatic rings. The van der Waals surface area contributed by atoms with Gasteiger partial charge in [0.05, 0.1) is 0 Å². The van der Waals surface area contributed by atoms with Crippen LogP contribution in [0, 0.1) is 0 Å². The largest absolute Gasteiger partial charge is 0.444 e. The van der Waals surface area contributed by atoms with Crippen LogP contribution in [0.2, 0.25) is 0 Å². The van der Waals surface area contributed by atoms with Gasteiger partial charge in [0.1, 0.15) is 11.4 Å². The third kappa shape index (κ3) is 5.20. The van der Waals surface area contributed by atoms with Gasteiger partial charge in [-0.15, -0.1) is 0 Å². The molecule has 5 heteroatoms. The number of ether oxygens (including phenoxy) is 1. The lowest BCUT2D eigenvalue weighted by Crippen LogP contribution is -2.38. The summed E-state index contributed by atoms with van der Waals surface area (Å²) in [5.41, 5.74) is 0.706. The lowest BCUT2D eigenvalue weighted by molar-refractivity contribution is 0.0635. The van der Waals surface area contributed by atoms with E-state index in [0.29, 0.717) is 17.9 Å². The van der Waals surface area contributed by atoms with Gasteiger partial charge in [-0.25, -0.2) is 9.78 Å². The zero-order valence-electron chi connectivity index (χ0n) is 14.9. The Hall–Kier alpha value is -1.62. The fourth-order valence-corrected chi connectivity index (χ4v) is 3.01. The second-order valence-electron chi connectivity index (χ2n) is 7.45. The van der Waals surface area contributed by atoms with Crippen LogP contribution in [0.15, 0.2) is 18.3 Å². The summed E-state index contributed by atoms with van der Waals surface area (Å²) in [6.07, 6.45) is 5.09. The van der Waals surface area contributed by atoms with Crippen molar-refractivity contribution < 1.29 is 9.53 Å². The van der Waals surface area contributed by atoms with Crippen LogP contribution < -0.4 is 5.32 Å². The molecule has 0 saturated carbocycles. The van der Waals surface area contributed by atoms with Gasteiger partial charge in [-0.2, -0.15) is 0 Å². The van der Waals surface area contributed by atoms with Gasteiger partial charge in [-0.05, 0) is 65.6 Å². The number of likely N-dealkylation sites (tertiary alicyclic amines) is 1. The molecule has 0 bridgehead atoms. The van der Waals surface area contributed by atoms with Gasteiger partial charge in [-0.3, -0.25) is 10.2 Å². The molecule has 0 unspecified atom stereocenters. The Bertz CT molecular complexity index is 520. The van der Waals surface area contributed by atoms with Gasteiger partial charge in [0.2, 0.25) is 0 Å². The molecule has 1 fully saturated rings. The fraction of sp³-hybridized carbons (Fsp3) is 0.667. The van der Waals surface area contributed by atoms with E-state index in [1.807, 2.05) is 33.0 Å². The van der Waals surface area contributed by atoms with Gasteiger partial charge in [0, 0.05) is 18.3 Å². The number of aromatic nitrogens is 1. The molecule has 128 valence electrons. The highest BCUT2D eigenvalue weighted by molar-refractivity contribution is 5.83. The molecule has 1 saturated heterocycles. The lowest BCUT2D eigenvalue weighted by atomic mass is 9.95. The molecule has 1 atom stereocenters. The van der Waals surface area contributed by atoms with Crippen molar-refractivity contribution in [3.8, 4) is 0 Å². The van der Waals surface area contributed by atoms with Crippen molar-refractivity contribution in [3.63, 3.8) is 0 Å². The van der Waals surface area contributed by atoms with Crippen LogP contribution in [-0.2, 0) is 4.74 Å². The van der Waals surface area contributed by atoms with E-state index < -0.39 is 11.7 Å². The maximum atomic E-state index is 11.8. The molecule has 1 aromatic rings. The third-order valence-electron chi connectivity index (χ3n) is 4.01. The monoisotopic (exact) mass is 319 g/mol. The number of nitrogens with one attached hydrogen (secondary N) is 1. The predicted molar refractivity (Wildman–Crippen MR) is 92.5 cm³/mol. The van der Waals surface area contributed by atoms with Gasteiger partial charge in [0.25, 0.3) is 0 Å². The van der Waals surface area contributed by atoms with Crippen LogP contribution in [0.4, 0.5) is 10.6 Å². The Kier molecular flexibility index (Phi) is 5.63. The Morgan fingerprint density at radius 1 is 1.35 bits per heavy atom. The van der Waals surface area contributed by atoms with E-state index in [0.717, 1.165) is 6.54 Å². The molecule has 1 aromatic heterocycles. The van der Waals surface area contributed by atoms with E-state index in [-0.39, 0.29) is 0 Å². The van der Waals surface area contributed by atoms with E-state index in [2.05, 4.69) is 35.1 Å². The van der Waals surface area contributed by atoms with Crippen LogP contribution >= 0.6 is 0 Å². The Morgan fingerprint density at radius 2 is 2.09 bits per heavy atom. The Morgan fingerprint density at radius 3 is 2.65 bits per heavy atom. The molecule has 23 heavy (non-hydrogen) atoms. The highest BCUT2D eigenvalue weighted by atomic mass is 16.6. The first-order chi connectivity index (χ1) is 10.8. The molecule has 2 heterocycles. The second-order valence-corrected chi connectivity index (χ2v) is 7.45. The van der Waals surface area contributed by atoms with Crippen molar-refractivity contribution in [1.29, 1.82) is 0 Å². The zero-order chi connectivity index (χ0) is 17.0. The number of pyridine rings is 1. The third-order valence-corrected chi connectivity index (χ3v) is 4.01. The molecule has 1 aliphatic heterocycles. The minimum absolute atomic E-state index is 0.423. The van der Waals surface area contributed by atoms with Crippen molar-refractivity contribution in [2.45, 2.75) is 71.6 Å². The average Bonchev–Trinajstić information content (AvgIpc) is 2.46. The molecule has 2 rings (SSSR count). The first-order valence-electron chi connectivity index (χ1n) is 8.48. The predicted octanol–water partition coefficient (Wildman–Crippen LogP) is 4.36. The number of anilines is 1. The van der Waals surface area contributed by atoms with Gasteiger partial charge in [-0.1, -0.05) is 12.5 Å². The van der Waals surface area contributed by atoms with Gasteiger partial charge >= 0.3 is 6.09 Å². The van der Waals surface area contributed by atoms with E-state index in [4.69, 9.17) is 4.74 Å². The van der Waals surface area contributed by atoms with Crippen LogP contribution in [0.25, 0.3) is 0 Å². The van der Waals surface area contributed by atoms with Gasteiger partial charge in [0.15, 0.2) is 0 Å². The van der Waals surface area contributed by atoms with Crippen molar-refractivity contribution in [2.75, 3.05) is 11.9 Å². The molecular weight excluding hydrogens is 290 g/mol. The van der Waals surface area contributed by atoms with Gasteiger partial charge < -0.3 is 4.74 Å². The molecule has 1 amide bonds. The minimum atomic E-state index is -0.510. The quantitative estimate of drug-likeness (QED) is 0.899. The minimum Gasteiger partial charge on any atom is -0.444 e. The zero-order valence-corrected chi connectivity index (χ0v) is 14.9. The fourth-order valence-electron chi connectivity index (χ4n) is 3.01. The summed E-state index contributed by atoms with van der Waals surface area (Å²) in [5, 5.41) is 2.68. The number of piperidine rings is 1. The number of hydrogen-bond acceptors (Lipinski definition) is 4. The number of carbonyl (C=O) groups is 1. The van der Waals surface area contributed by atoms with E-state index in [9.17, 15) is 4.79 Å². The second kappa shape index (κ2) is 7.30. The van der Waals surface area contributed by atoms with Crippen LogP contribution in [0.5, 0.6) is 0 Å². The number of hydrogen-bond donors (Lipinski definition) is 1. The summed E-state index contributed by atoms with van der Waals surface area (Å²) in [6, 6.07) is 4.86. The molecular formula is C18H29N3O2. The highest BCUT2D eigenvalue weighted by Crippen LogP contribution is 2.32. The number of nitrogens with zero attached hydrogens (tertiary/aromatic N) is 2. The number of rotatable bonds is 3. The SMILES string of the molecule is CC(C)N1CCCC[C@@H]1c1ccc(NC(=O)OC(C)(C)C)nc1. The van der Waals surface area contributed by atoms with E-state index in [1.54, 1.807) is 0 Å². The molecule has 0 radical (unpaired) electrons. The standard InChI is InChI=1S/C18H29N3O2/c1-13(2)21-11-7-6-8-15(21)14-9-10-16(19-12-14)20-17(22)23-18(3,4)5/h9-10,12-13,15H,6-8,11H2,1-5H3,(H,19,20,22)/t15-/m1/s1. The van der Waals surface area contributed by atoms with Crippen molar-refractivity contribution in [2.24, 2.45) is 0 Å². The molecule has 0 aliphatic carbocycles. The first kappa shape index (κ1) is 17.7. The van der Waals surface area contributed by atoms with Crippen LogP contribution in [0.1, 0.15) is 65.5 Å². The van der Waals surface area contributed by atoms with Crippen molar-refractivity contribution in [3.05, 3.63) is 23.9 Å². The lowest BCUT2D eigenvalue weighted by Gasteiger charge is -2.38. The highest BCUT2D eigenvalue weighted by Gasteiger charge is 2.26. The van der Waals surface area contributed by atoms with E-state index in [1.165, 1.54) is 24.8 Å². The molecule has 0 aromatic carbocycles. The summed E-state index contributed by atoms with van der Waals surface area (Å²) >= 11 is 0. The summed E-state index contributed by atoms with van der Waals surface area (Å²) in [4.78, 5) is 18.7. The maximum Gasteiger partial charge on any atom is 0.413 e.